The van der Waals surface area contributed by atoms with E-state index in [1.165, 1.54) is 19.3 Å². The smallest absolute Gasteiger partial charge is 0.252 e. The topological polar surface area (TPSA) is 49.0 Å². The summed E-state index contributed by atoms with van der Waals surface area (Å²) < 4.78 is 0. The molecule has 0 spiro atoms. The van der Waals surface area contributed by atoms with Crippen LogP contribution in [0.15, 0.2) is 10.9 Å². The third-order valence-corrected chi connectivity index (χ3v) is 3.53. The first-order valence-electron chi connectivity index (χ1n) is 6.58. The highest BCUT2D eigenvalue weighted by Crippen LogP contribution is 2.22. The van der Waals surface area contributed by atoms with Crippen LogP contribution in [0.4, 0.5) is 5.82 Å². The molecule has 1 unspecified atom stereocenters. The number of piperidine rings is 1. The van der Waals surface area contributed by atoms with E-state index >= 15 is 0 Å². The van der Waals surface area contributed by atoms with Gasteiger partial charge in [0, 0.05) is 25.6 Å². The number of aromatic nitrogens is 2. The first kappa shape index (κ1) is 12.1. The van der Waals surface area contributed by atoms with Gasteiger partial charge in [-0.05, 0) is 18.8 Å². The van der Waals surface area contributed by atoms with E-state index in [0.29, 0.717) is 0 Å². The van der Waals surface area contributed by atoms with Gasteiger partial charge < -0.3 is 9.88 Å². The Labute approximate surface area is 102 Å². The van der Waals surface area contributed by atoms with Crippen LogP contribution in [0.5, 0.6) is 0 Å². The molecule has 0 radical (unpaired) electrons. The fourth-order valence-corrected chi connectivity index (χ4v) is 2.43. The molecular weight excluding hydrogens is 214 g/mol. The number of hydrogen-bond donors (Lipinski definition) is 1. The van der Waals surface area contributed by atoms with Crippen LogP contribution in [0.25, 0.3) is 0 Å². The van der Waals surface area contributed by atoms with E-state index in [4.69, 9.17) is 0 Å². The molecule has 0 aliphatic carbocycles. The van der Waals surface area contributed by atoms with Crippen LogP contribution in [0.2, 0.25) is 0 Å². The SMILES string of the molecule is CCc1nc(N2CCCC(CC)C2)cc(=O)[nH]1. The Morgan fingerprint density at radius 3 is 3.06 bits per heavy atom. The maximum Gasteiger partial charge on any atom is 0.252 e. The van der Waals surface area contributed by atoms with Crippen LogP contribution in [0, 0.1) is 5.92 Å². The molecule has 1 aromatic rings. The quantitative estimate of drug-likeness (QED) is 0.871. The Hall–Kier alpha value is -1.32. The molecule has 1 saturated heterocycles. The lowest BCUT2D eigenvalue weighted by Gasteiger charge is -2.33. The molecule has 94 valence electrons. The van der Waals surface area contributed by atoms with E-state index in [1.54, 1.807) is 6.07 Å². The lowest BCUT2D eigenvalue weighted by Crippen LogP contribution is -2.36. The van der Waals surface area contributed by atoms with Gasteiger partial charge in [0.05, 0.1) is 0 Å². The molecule has 0 bridgehead atoms. The predicted molar refractivity (Wildman–Crippen MR) is 69.5 cm³/mol. The van der Waals surface area contributed by atoms with Crippen molar-refractivity contribution in [2.75, 3.05) is 18.0 Å². The van der Waals surface area contributed by atoms with Crippen molar-refractivity contribution in [1.29, 1.82) is 0 Å². The van der Waals surface area contributed by atoms with Crippen molar-refractivity contribution < 1.29 is 0 Å². The van der Waals surface area contributed by atoms with Crippen molar-refractivity contribution in [1.82, 2.24) is 9.97 Å². The highest BCUT2D eigenvalue weighted by atomic mass is 16.1. The van der Waals surface area contributed by atoms with Crippen LogP contribution in [0.1, 0.15) is 38.9 Å². The van der Waals surface area contributed by atoms with Gasteiger partial charge in [0.25, 0.3) is 5.56 Å². The Morgan fingerprint density at radius 2 is 2.35 bits per heavy atom. The van der Waals surface area contributed by atoms with Crippen molar-refractivity contribution in [3.63, 3.8) is 0 Å². The van der Waals surface area contributed by atoms with Crippen molar-refractivity contribution in [3.8, 4) is 0 Å². The summed E-state index contributed by atoms with van der Waals surface area (Å²) in [6.45, 7) is 6.30. The molecule has 4 heteroatoms. The number of hydrogen-bond acceptors (Lipinski definition) is 3. The third kappa shape index (κ3) is 2.87. The Kier molecular flexibility index (Phi) is 3.82. The zero-order valence-electron chi connectivity index (χ0n) is 10.7. The number of rotatable bonds is 3. The van der Waals surface area contributed by atoms with Crippen molar-refractivity contribution >= 4 is 5.82 Å². The normalized spacial score (nSPS) is 20.6. The molecule has 4 nitrogen and oxygen atoms in total. The van der Waals surface area contributed by atoms with Crippen molar-refractivity contribution in [2.45, 2.75) is 39.5 Å². The van der Waals surface area contributed by atoms with Gasteiger partial charge in [0.15, 0.2) is 0 Å². The largest absolute Gasteiger partial charge is 0.356 e. The number of nitrogens with zero attached hydrogens (tertiary/aromatic N) is 2. The highest BCUT2D eigenvalue weighted by Gasteiger charge is 2.20. The van der Waals surface area contributed by atoms with E-state index in [2.05, 4.69) is 21.8 Å². The second-order valence-corrected chi connectivity index (χ2v) is 4.77. The average Bonchev–Trinajstić information content (AvgIpc) is 2.38. The number of anilines is 1. The van der Waals surface area contributed by atoms with Crippen LogP contribution < -0.4 is 10.5 Å². The van der Waals surface area contributed by atoms with Gasteiger partial charge in [-0.15, -0.1) is 0 Å². The summed E-state index contributed by atoms with van der Waals surface area (Å²) >= 11 is 0. The zero-order valence-corrected chi connectivity index (χ0v) is 10.7. The van der Waals surface area contributed by atoms with Gasteiger partial charge in [0.1, 0.15) is 11.6 Å². The molecule has 0 aromatic carbocycles. The Bertz CT molecular complexity index is 427. The molecule has 0 amide bonds. The lowest BCUT2D eigenvalue weighted by atomic mass is 9.96. The summed E-state index contributed by atoms with van der Waals surface area (Å²) in [4.78, 5) is 21.1. The molecule has 1 aliphatic rings. The number of aromatic amines is 1. The molecule has 1 aliphatic heterocycles. The second kappa shape index (κ2) is 5.34. The van der Waals surface area contributed by atoms with E-state index in [-0.39, 0.29) is 5.56 Å². The number of nitrogens with one attached hydrogen (secondary N) is 1. The molecule has 1 aromatic heterocycles. The van der Waals surface area contributed by atoms with Crippen molar-refractivity contribution in [2.24, 2.45) is 5.92 Å². The van der Waals surface area contributed by atoms with Gasteiger partial charge in [-0.2, -0.15) is 0 Å². The minimum Gasteiger partial charge on any atom is -0.356 e. The third-order valence-electron chi connectivity index (χ3n) is 3.53. The minimum atomic E-state index is -0.0366. The maximum absolute atomic E-state index is 11.5. The van der Waals surface area contributed by atoms with E-state index in [0.717, 1.165) is 37.1 Å². The van der Waals surface area contributed by atoms with Crippen LogP contribution in [-0.2, 0) is 6.42 Å². The van der Waals surface area contributed by atoms with E-state index in [9.17, 15) is 4.79 Å². The summed E-state index contributed by atoms with van der Waals surface area (Å²) in [6.07, 6.45) is 4.49. The van der Waals surface area contributed by atoms with Crippen LogP contribution in [-0.4, -0.2) is 23.1 Å². The minimum absolute atomic E-state index is 0.0366. The second-order valence-electron chi connectivity index (χ2n) is 4.77. The predicted octanol–water partition coefficient (Wildman–Crippen LogP) is 1.96. The monoisotopic (exact) mass is 235 g/mol. The fraction of sp³-hybridized carbons (Fsp3) is 0.692. The van der Waals surface area contributed by atoms with E-state index < -0.39 is 0 Å². The van der Waals surface area contributed by atoms with Crippen LogP contribution in [0.3, 0.4) is 0 Å². The van der Waals surface area contributed by atoms with Crippen LogP contribution >= 0.6 is 0 Å². The first-order valence-corrected chi connectivity index (χ1v) is 6.58. The molecule has 1 fully saturated rings. The molecule has 1 atom stereocenters. The first-order chi connectivity index (χ1) is 8.22. The highest BCUT2D eigenvalue weighted by molar-refractivity contribution is 5.38. The number of aryl methyl sites for hydroxylation is 1. The van der Waals surface area contributed by atoms with Gasteiger partial charge >= 0.3 is 0 Å². The maximum atomic E-state index is 11.5. The Morgan fingerprint density at radius 1 is 1.53 bits per heavy atom. The average molecular weight is 235 g/mol. The molecule has 0 saturated carbocycles. The molecule has 17 heavy (non-hydrogen) atoms. The molecular formula is C13H21N3O. The van der Waals surface area contributed by atoms with E-state index in [1.807, 2.05) is 6.92 Å². The summed E-state index contributed by atoms with van der Waals surface area (Å²) in [6, 6.07) is 1.62. The lowest BCUT2D eigenvalue weighted by molar-refractivity contribution is 0.402. The summed E-state index contributed by atoms with van der Waals surface area (Å²) in [5.41, 5.74) is -0.0366. The Balaban J connectivity index is 2.21. The summed E-state index contributed by atoms with van der Waals surface area (Å²) in [7, 11) is 0. The van der Waals surface area contributed by atoms with Gasteiger partial charge in [-0.1, -0.05) is 20.3 Å². The number of H-pyrrole nitrogens is 1. The molecule has 1 N–H and O–H groups in total. The van der Waals surface area contributed by atoms with Gasteiger partial charge in [0.2, 0.25) is 0 Å². The fourth-order valence-electron chi connectivity index (χ4n) is 2.43. The molecule has 2 heterocycles. The van der Waals surface area contributed by atoms with Gasteiger partial charge in [-0.3, -0.25) is 4.79 Å². The van der Waals surface area contributed by atoms with Crippen molar-refractivity contribution in [3.05, 3.63) is 22.2 Å². The molecule has 2 rings (SSSR count). The standard InChI is InChI=1S/C13H21N3O/c1-3-10-6-5-7-16(9-10)12-8-13(17)15-11(4-2)14-12/h8,10H,3-7,9H2,1-2H3,(H,14,15,17). The summed E-state index contributed by atoms with van der Waals surface area (Å²) in [5, 5.41) is 0. The zero-order chi connectivity index (χ0) is 12.3. The van der Waals surface area contributed by atoms with Gasteiger partial charge in [-0.25, -0.2) is 4.98 Å². The summed E-state index contributed by atoms with van der Waals surface area (Å²) in [5.74, 6) is 2.38.